The van der Waals surface area contributed by atoms with E-state index in [1.807, 2.05) is 18.2 Å². The third kappa shape index (κ3) is 2.71. The lowest BCUT2D eigenvalue weighted by Crippen LogP contribution is -2.34. The van der Waals surface area contributed by atoms with Crippen molar-refractivity contribution in [3.63, 3.8) is 0 Å². The van der Waals surface area contributed by atoms with E-state index in [1.165, 1.54) is 24.5 Å². The Morgan fingerprint density at radius 1 is 1.00 bits per heavy atom. The first-order chi connectivity index (χ1) is 10.3. The Kier molecular flexibility index (Phi) is 4.10. The van der Waals surface area contributed by atoms with Crippen LogP contribution in [0.25, 0.3) is 0 Å². The van der Waals surface area contributed by atoms with Crippen molar-refractivity contribution in [2.75, 3.05) is 0 Å². The van der Waals surface area contributed by atoms with Gasteiger partial charge in [-0.25, -0.2) is 8.42 Å². The summed E-state index contributed by atoms with van der Waals surface area (Å²) in [5, 5.41) is 1.31. The molecular weight excluding hydrogens is 308 g/mol. The van der Waals surface area contributed by atoms with Crippen LogP contribution in [-0.4, -0.2) is 16.5 Å². The average molecular weight is 335 g/mol. The highest BCUT2D eigenvalue weighted by Crippen LogP contribution is 2.50. The summed E-state index contributed by atoms with van der Waals surface area (Å²) in [4.78, 5) is 1.31. The van der Waals surface area contributed by atoms with Crippen molar-refractivity contribution in [3.05, 3.63) is 40.4 Å². The van der Waals surface area contributed by atoms with Crippen LogP contribution in [0.4, 0.5) is 0 Å². The van der Waals surface area contributed by atoms with Gasteiger partial charge in [-0.3, -0.25) is 0 Å². The van der Waals surface area contributed by atoms with Crippen LogP contribution in [0.1, 0.15) is 32.1 Å². The van der Waals surface area contributed by atoms with Crippen LogP contribution in [0, 0.1) is 11.8 Å². The third-order valence-corrected chi connectivity index (χ3v) is 9.84. The van der Waals surface area contributed by atoms with Gasteiger partial charge in [0.15, 0.2) is 0 Å². The summed E-state index contributed by atoms with van der Waals surface area (Å²) < 4.78 is 26.7. The van der Waals surface area contributed by atoms with Crippen molar-refractivity contribution >= 4 is 17.9 Å². The Hall–Kier alpha value is -0.873. The molecule has 0 saturated heterocycles. The van der Waals surface area contributed by atoms with E-state index in [4.69, 9.17) is 0 Å². The largest absolute Gasteiger partial charge is 0.219 e. The summed E-state index contributed by atoms with van der Waals surface area (Å²) >= 11 is 0. The van der Waals surface area contributed by atoms with E-state index in [2.05, 4.69) is 19.6 Å². The maximum absolute atomic E-state index is 13.4. The number of allylic oxidation sites excluding steroid dienone is 2. The molecule has 0 N–H and O–H groups in total. The first-order valence-corrected chi connectivity index (χ1v) is 13.3. The summed E-state index contributed by atoms with van der Waals surface area (Å²) in [5.74, 6) is 0.870. The van der Waals surface area contributed by atoms with Gasteiger partial charge in [-0.2, -0.15) is 0 Å². The molecule has 3 rings (SSSR count). The monoisotopic (exact) mass is 334 g/mol. The fourth-order valence-electron chi connectivity index (χ4n) is 4.24. The fourth-order valence-corrected chi connectivity index (χ4v) is 9.28. The molecule has 0 spiro atoms. The van der Waals surface area contributed by atoms with Crippen LogP contribution in [0.15, 0.2) is 45.3 Å². The number of hydrogen-bond acceptors (Lipinski definition) is 2. The summed E-state index contributed by atoms with van der Waals surface area (Å²) in [6, 6.07) is 9.05. The van der Waals surface area contributed by atoms with Crippen LogP contribution in [0.2, 0.25) is 19.6 Å². The fraction of sp³-hybridized carbons (Fsp3) is 0.556. The molecule has 2 aliphatic rings. The van der Waals surface area contributed by atoms with E-state index in [-0.39, 0.29) is 5.92 Å². The Labute approximate surface area is 135 Å². The van der Waals surface area contributed by atoms with Crippen molar-refractivity contribution in [1.29, 1.82) is 0 Å². The Morgan fingerprint density at radius 3 is 2.32 bits per heavy atom. The van der Waals surface area contributed by atoms with E-state index in [9.17, 15) is 8.42 Å². The van der Waals surface area contributed by atoms with Gasteiger partial charge in [0.05, 0.1) is 13.0 Å². The van der Waals surface area contributed by atoms with Crippen molar-refractivity contribution in [1.82, 2.24) is 0 Å². The number of rotatable bonds is 3. The molecule has 1 aromatic carbocycles. The van der Waals surface area contributed by atoms with Crippen LogP contribution < -0.4 is 0 Å². The molecule has 120 valence electrons. The first kappa shape index (κ1) is 16.0. The summed E-state index contributed by atoms with van der Waals surface area (Å²) in [6.07, 6.45) is 5.63. The van der Waals surface area contributed by atoms with E-state index >= 15 is 0 Å². The maximum atomic E-state index is 13.4. The highest BCUT2D eigenvalue weighted by molar-refractivity contribution is 7.95. The second-order valence-electron chi connectivity index (χ2n) is 7.75. The van der Waals surface area contributed by atoms with E-state index in [0.29, 0.717) is 10.8 Å². The van der Waals surface area contributed by atoms with Gasteiger partial charge in [0.25, 0.3) is 0 Å². The van der Waals surface area contributed by atoms with Gasteiger partial charge in [0.2, 0.25) is 9.84 Å². The molecule has 0 aromatic heterocycles. The summed E-state index contributed by atoms with van der Waals surface area (Å²) in [7, 11) is -4.96. The van der Waals surface area contributed by atoms with Crippen molar-refractivity contribution in [2.45, 2.75) is 56.6 Å². The molecule has 0 bridgehead atoms. The minimum absolute atomic E-state index is 0.278. The lowest BCUT2D eigenvalue weighted by atomic mass is 9.86. The smallest absolute Gasteiger partial charge is 0.202 e. The maximum Gasteiger partial charge on any atom is 0.202 e. The predicted octanol–water partition coefficient (Wildman–Crippen LogP) is 4.80. The van der Waals surface area contributed by atoms with Crippen LogP contribution >= 0.6 is 0 Å². The zero-order chi connectivity index (χ0) is 16.0. The Balaban J connectivity index is 2.19. The highest BCUT2D eigenvalue weighted by atomic mass is 32.2. The summed E-state index contributed by atoms with van der Waals surface area (Å²) in [6.45, 7) is 6.87. The second-order valence-corrected chi connectivity index (χ2v) is 14.8. The third-order valence-electron chi connectivity index (χ3n) is 5.31. The quantitative estimate of drug-likeness (QED) is 0.744. The van der Waals surface area contributed by atoms with E-state index in [1.54, 1.807) is 12.1 Å². The van der Waals surface area contributed by atoms with Gasteiger partial charge in [0.1, 0.15) is 0 Å². The topological polar surface area (TPSA) is 34.1 Å². The Morgan fingerprint density at radius 2 is 1.68 bits per heavy atom. The van der Waals surface area contributed by atoms with Gasteiger partial charge >= 0.3 is 0 Å². The van der Waals surface area contributed by atoms with Crippen molar-refractivity contribution in [3.8, 4) is 0 Å². The van der Waals surface area contributed by atoms with Gasteiger partial charge in [-0.1, -0.05) is 49.5 Å². The molecular formula is C18H26O2SSi. The van der Waals surface area contributed by atoms with Crippen LogP contribution in [0.3, 0.4) is 0 Å². The molecule has 0 heterocycles. The lowest BCUT2D eigenvalue weighted by molar-refractivity contribution is 0.397. The lowest BCUT2D eigenvalue weighted by Gasteiger charge is -2.35. The molecule has 22 heavy (non-hydrogen) atoms. The molecule has 1 fully saturated rings. The average Bonchev–Trinajstić information content (AvgIpc) is 2.94. The van der Waals surface area contributed by atoms with Gasteiger partial charge < -0.3 is 0 Å². The van der Waals surface area contributed by atoms with E-state index < -0.39 is 17.9 Å². The number of sulfone groups is 1. The van der Waals surface area contributed by atoms with Crippen LogP contribution in [0.5, 0.6) is 0 Å². The normalized spacial score (nSPS) is 26.1. The molecule has 2 aliphatic carbocycles. The standard InChI is InChI=1S/C18H26O2SSi/c1-22(2,3)17-13-12-14-8-7-11-16(14)18(17)21(19,20)15-9-5-4-6-10-15/h4-6,9-10,14,16H,7-8,11-13H2,1-3H3/t14-,16+/m1/s1. The van der Waals surface area contributed by atoms with Gasteiger partial charge in [0, 0.05) is 4.91 Å². The minimum Gasteiger partial charge on any atom is -0.219 e. The molecule has 2 nitrogen and oxygen atoms in total. The molecule has 0 radical (unpaired) electrons. The highest BCUT2D eigenvalue weighted by Gasteiger charge is 2.43. The van der Waals surface area contributed by atoms with Gasteiger partial charge in [-0.05, 0) is 49.7 Å². The van der Waals surface area contributed by atoms with Crippen LogP contribution in [-0.2, 0) is 9.84 Å². The zero-order valence-corrected chi connectivity index (χ0v) is 15.6. The molecule has 0 amide bonds. The molecule has 1 aromatic rings. The first-order valence-electron chi connectivity index (χ1n) is 8.35. The number of benzene rings is 1. The molecule has 2 atom stereocenters. The van der Waals surface area contributed by atoms with Crippen molar-refractivity contribution in [2.24, 2.45) is 11.8 Å². The second kappa shape index (κ2) is 5.64. The Bertz CT molecular complexity index is 684. The van der Waals surface area contributed by atoms with Gasteiger partial charge in [-0.15, -0.1) is 0 Å². The molecule has 0 unspecified atom stereocenters. The number of hydrogen-bond donors (Lipinski definition) is 0. The summed E-state index contributed by atoms with van der Waals surface area (Å²) in [5.41, 5.74) is 0. The molecule has 0 aliphatic heterocycles. The molecule has 4 heteroatoms. The zero-order valence-electron chi connectivity index (χ0n) is 13.8. The van der Waals surface area contributed by atoms with Crippen molar-refractivity contribution < 1.29 is 8.42 Å². The SMILES string of the molecule is C[Si](C)(C)C1=C(S(=O)(=O)c2ccccc2)[C@H]2CCC[C@@H]2CC1. The minimum atomic E-state index is -3.33. The molecule has 1 saturated carbocycles. The number of fused-ring (bicyclic) bond motifs is 1. The predicted molar refractivity (Wildman–Crippen MR) is 94.1 cm³/mol. The van der Waals surface area contributed by atoms with E-state index in [0.717, 1.165) is 17.7 Å².